The lowest BCUT2D eigenvalue weighted by Crippen LogP contribution is -2.19. The van der Waals surface area contributed by atoms with Crippen molar-refractivity contribution in [2.24, 2.45) is 0 Å². The van der Waals surface area contributed by atoms with E-state index in [1.165, 1.54) is 0 Å². The Morgan fingerprint density at radius 2 is 2.04 bits per heavy atom. The quantitative estimate of drug-likeness (QED) is 0.633. The number of aldehydes is 1. The minimum absolute atomic E-state index is 0.119. The van der Waals surface area contributed by atoms with E-state index in [-0.39, 0.29) is 12.5 Å². The molecule has 24 heavy (non-hydrogen) atoms. The van der Waals surface area contributed by atoms with Gasteiger partial charge in [-0.25, -0.2) is 0 Å². The summed E-state index contributed by atoms with van der Waals surface area (Å²) >= 11 is 9.36. The van der Waals surface area contributed by atoms with Gasteiger partial charge in [0.15, 0.2) is 6.29 Å². The number of hydrogen-bond acceptors (Lipinski definition) is 2. The van der Waals surface area contributed by atoms with Crippen molar-refractivity contribution < 1.29 is 9.59 Å². The van der Waals surface area contributed by atoms with Crippen LogP contribution in [0.3, 0.4) is 0 Å². The highest BCUT2D eigenvalue weighted by atomic mass is 79.9. The molecule has 2 aromatic carbocycles. The number of nitrogens with zero attached hydrogens (tertiary/aromatic N) is 1. The number of nitrogens with one attached hydrogen (secondary N) is 1. The molecule has 3 rings (SSSR count). The fraction of sp³-hybridized carbons (Fsp3) is 0.111. The van der Waals surface area contributed by atoms with Gasteiger partial charge >= 0.3 is 0 Å². The molecule has 1 aromatic heterocycles. The zero-order valence-corrected chi connectivity index (χ0v) is 15.2. The minimum Gasteiger partial charge on any atom is -0.335 e. The molecule has 0 radical (unpaired) electrons. The number of benzene rings is 2. The molecule has 122 valence electrons. The molecule has 0 unspecified atom stereocenters. The Balaban J connectivity index is 1.89. The fourth-order valence-corrected chi connectivity index (χ4v) is 3.16. The summed E-state index contributed by atoms with van der Waals surface area (Å²) in [6.45, 7) is 1.96. The summed E-state index contributed by atoms with van der Waals surface area (Å²) in [6, 6.07) is 12.8. The summed E-state index contributed by atoms with van der Waals surface area (Å²) in [7, 11) is 0. The number of carbonyl (C=O) groups excluding carboxylic acids is 2. The van der Waals surface area contributed by atoms with Crippen LogP contribution in [0.2, 0.25) is 5.02 Å². The van der Waals surface area contributed by atoms with Crippen LogP contribution in [-0.4, -0.2) is 16.8 Å². The Morgan fingerprint density at radius 1 is 1.29 bits per heavy atom. The molecule has 0 bridgehead atoms. The maximum absolute atomic E-state index is 12.4. The number of rotatable bonds is 4. The summed E-state index contributed by atoms with van der Waals surface area (Å²) in [6.07, 6.45) is 0.834. The van der Waals surface area contributed by atoms with Gasteiger partial charge in [-0.2, -0.15) is 0 Å². The average Bonchev–Trinajstić information content (AvgIpc) is 2.83. The molecule has 0 atom stereocenters. The Hall–Kier alpha value is -2.11. The first-order chi connectivity index (χ1) is 11.5. The number of amides is 1. The van der Waals surface area contributed by atoms with Crippen LogP contribution in [0, 0.1) is 6.92 Å². The Labute approximate surface area is 152 Å². The summed E-state index contributed by atoms with van der Waals surface area (Å²) in [5.74, 6) is -0.185. The van der Waals surface area contributed by atoms with Gasteiger partial charge in [0.25, 0.3) is 0 Å². The first kappa shape index (κ1) is 16.7. The van der Waals surface area contributed by atoms with E-state index in [2.05, 4.69) is 21.2 Å². The van der Waals surface area contributed by atoms with Crippen molar-refractivity contribution in [2.45, 2.75) is 13.5 Å². The van der Waals surface area contributed by atoms with Crippen molar-refractivity contribution in [1.29, 1.82) is 0 Å². The number of anilines is 1. The summed E-state index contributed by atoms with van der Waals surface area (Å²) in [5.41, 5.74) is 2.87. The molecule has 0 fully saturated rings. The van der Waals surface area contributed by atoms with E-state index in [9.17, 15) is 9.59 Å². The lowest BCUT2D eigenvalue weighted by Gasteiger charge is -2.10. The molecule has 6 heteroatoms. The molecular weight excluding hydrogens is 392 g/mol. The maximum atomic E-state index is 12.4. The Bertz CT molecular complexity index is 950. The molecule has 1 amide bonds. The molecule has 0 spiro atoms. The maximum Gasteiger partial charge on any atom is 0.244 e. The van der Waals surface area contributed by atoms with Crippen molar-refractivity contribution in [2.75, 3.05) is 5.32 Å². The van der Waals surface area contributed by atoms with Crippen molar-refractivity contribution in [3.05, 3.63) is 63.2 Å². The SMILES string of the molecule is Cc1c(C=O)c2ccccc2n1CC(=O)Nc1ccc(Br)c(Cl)c1. The summed E-state index contributed by atoms with van der Waals surface area (Å²) in [5, 5.41) is 4.20. The molecule has 0 saturated heterocycles. The van der Waals surface area contributed by atoms with Crippen LogP contribution in [-0.2, 0) is 11.3 Å². The third kappa shape index (κ3) is 3.09. The third-order valence-electron chi connectivity index (χ3n) is 3.90. The van der Waals surface area contributed by atoms with E-state index in [1.54, 1.807) is 18.2 Å². The van der Waals surface area contributed by atoms with Crippen LogP contribution in [0.25, 0.3) is 10.9 Å². The summed E-state index contributed by atoms with van der Waals surface area (Å²) < 4.78 is 2.61. The van der Waals surface area contributed by atoms with Gasteiger partial charge in [0.05, 0.1) is 5.02 Å². The predicted molar refractivity (Wildman–Crippen MR) is 99.8 cm³/mol. The van der Waals surface area contributed by atoms with E-state index >= 15 is 0 Å². The molecule has 0 saturated carbocycles. The number of halogens is 2. The van der Waals surface area contributed by atoms with E-state index < -0.39 is 0 Å². The van der Waals surface area contributed by atoms with Crippen LogP contribution in [0.4, 0.5) is 5.69 Å². The van der Waals surface area contributed by atoms with Gasteiger partial charge in [-0.1, -0.05) is 29.8 Å². The molecule has 0 aliphatic carbocycles. The van der Waals surface area contributed by atoms with Gasteiger partial charge in [0.1, 0.15) is 6.54 Å². The smallest absolute Gasteiger partial charge is 0.244 e. The molecule has 1 heterocycles. The number of hydrogen-bond donors (Lipinski definition) is 1. The van der Waals surface area contributed by atoms with Crippen LogP contribution in [0.15, 0.2) is 46.9 Å². The topological polar surface area (TPSA) is 51.1 Å². The third-order valence-corrected chi connectivity index (χ3v) is 5.14. The first-order valence-electron chi connectivity index (χ1n) is 7.29. The highest BCUT2D eigenvalue weighted by Crippen LogP contribution is 2.26. The van der Waals surface area contributed by atoms with E-state index in [1.807, 2.05) is 35.8 Å². The second-order valence-corrected chi connectivity index (χ2v) is 6.66. The average molecular weight is 406 g/mol. The van der Waals surface area contributed by atoms with Gasteiger partial charge < -0.3 is 9.88 Å². The van der Waals surface area contributed by atoms with Gasteiger partial charge in [-0.3, -0.25) is 9.59 Å². The van der Waals surface area contributed by atoms with Crippen LogP contribution >= 0.6 is 27.5 Å². The van der Waals surface area contributed by atoms with Gasteiger partial charge in [-0.15, -0.1) is 0 Å². The zero-order chi connectivity index (χ0) is 17.3. The monoisotopic (exact) mass is 404 g/mol. The molecular formula is C18H14BrClN2O2. The second kappa shape index (κ2) is 6.79. The molecule has 4 nitrogen and oxygen atoms in total. The first-order valence-corrected chi connectivity index (χ1v) is 8.46. The van der Waals surface area contributed by atoms with Gasteiger partial charge in [-0.05, 0) is 47.1 Å². The normalized spacial score (nSPS) is 10.8. The van der Waals surface area contributed by atoms with Crippen LogP contribution in [0.5, 0.6) is 0 Å². The standard InChI is InChI=1S/C18H14BrClN2O2/c1-11-14(10-23)13-4-2-3-5-17(13)22(11)9-18(24)21-12-6-7-15(19)16(20)8-12/h2-8,10H,9H2,1H3,(H,21,24). The minimum atomic E-state index is -0.185. The lowest BCUT2D eigenvalue weighted by molar-refractivity contribution is -0.116. The predicted octanol–water partition coefficient (Wildman–Crippen LogP) is 4.82. The Kier molecular flexibility index (Phi) is 4.73. The Morgan fingerprint density at radius 3 is 2.75 bits per heavy atom. The van der Waals surface area contributed by atoms with E-state index in [4.69, 9.17) is 11.6 Å². The van der Waals surface area contributed by atoms with Gasteiger partial charge in [0, 0.05) is 32.3 Å². The van der Waals surface area contributed by atoms with Crippen molar-refractivity contribution in [3.63, 3.8) is 0 Å². The molecule has 0 aliphatic rings. The number of carbonyl (C=O) groups is 2. The lowest BCUT2D eigenvalue weighted by atomic mass is 10.1. The molecule has 1 N–H and O–H groups in total. The second-order valence-electron chi connectivity index (χ2n) is 5.40. The number of para-hydroxylation sites is 1. The highest BCUT2D eigenvalue weighted by Gasteiger charge is 2.15. The fourth-order valence-electron chi connectivity index (χ4n) is 2.73. The summed E-state index contributed by atoms with van der Waals surface area (Å²) in [4.78, 5) is 23.8. The van der Waals surface area contributed by atoms with Crippen molar-refractivity contribution in [3.8, 4) is 0 Å². The van der Waals surface area contributed by atoms with Gasteiger partial charge in [0.2, 0.25) is 5.91 Å². The highest BCUT2D eigenvalue weighted by molar-refractivity contribution is 9.10. The van der Waals surface area contributed by atoms with E-state index in [0.717, 1.165) is 27.4 Å². The van der Waals surface area contributed by atoms with E-state index in [0.29, 0.717) is 16.3 Å². The van der Waals surface area contributed by atoms with Crippen molar-refractivity contribution in [1.82, 2.24) is 4.57 Å². The van der Waals surface area contributed by atoms with Crippen LogP contribution in [0.1, 0.15) is 16.1 Å². The van der Waals surface area contributed by atoms with Crippen molar-refractivity contribution >= 4 is 56.3 Å². The molecule has 3 aromatic rings. The molecule has 0 aliphatic heterocycles. The zero-order valence-electron chi connectivity index (χ0n) is 12.8. The largest absolute Gasteiger partial charge is 0.335 e. The number of fused-ring (bicyclic) bond motifs is 1. The van der Waals surface area contributed by atoms with Crippen LogP contribution < -0.4 is 5.32 Å². The number of aromatic nitrogens is 1.